The van der Waals surface area contributed by atoms with Crippen LogP contribution in [0.25, 0.3) is 11.1 Å². The fourth-order valence-corrected chi connectivity index (χ4v) is 5.41. The van der Waals surface area contributed by atoms with Gasteiger partial charge in [-0.3, -0.25) is 0 Å². The lowest BCUT2D eigenvalue weighted by molar-refractivity contribution is -0.109. The number of rotatable bonds is 4. The first kappa shape index (κ1) is 23.1. The molecule has 0 saturated heterocycles. The molecule has 0 spiro atoms. The lowest BCUT2D eigenvalue weighted by Gasteiger charge is -2.27. The zero-order chi connectivity index (χ0) is 22.7. The highest BCUT2D eigenvalue weighted by molar-refractivity contribution is 5.64. The third-order valence-electron chi connectivity index (χ3n) is 7.54. The third-order valence-corrected chi connectivity index (χ3v) is 7.54. The van der Waals surface area contributed by atoms with E-state index in [9.17, 15) is 17.6 Å². The van der Waals surface area contributed by atoms with Gasteiger partial charge in [-0.25, -0.2) is 4.39 Å². The number of allylic oxidation sites excluding steroid dienone is 2. The number of alkyl halides is 3. The van der Waals surface area contributed by atoms with E-state index in [-0.39, 0.29) is 5.92 Å². The molecule has 0 atom stereocenters. The topological polar surface area (TPSA) is 0 Å². The lowest BCUT2D eigenvalue weighted by atomic mass is 9.78. The Kier molecular flexibility index (Phi) is 7.07. The standard InChI is InChI=1S/C28H32F4/c1-19-2-6-21(7-3-19)23-10-14-25(15-11-23)26-16-12-24(13-17-26)22-8-4-20(5-9-22)18-27(29)28(30,31)32/h10-22H,2-9H2,1H3. The van der Waals surface area contributed by atoms with Crippen LogP contribution in [0.5, 0.6) is 0 Å². The van der Waals surface area contributed by atoms with Crippen LogP contribution in [0.2, 0.25) is 0 Å². The Morgan fingerprint density at radius 2 is 1.09 bits per heavy atom. The molecule has 0 nitrogen and oxygen atoms in total. The average Bonchev–Trinajstić information content (AvgIpc) is 2.80. The Morgan fingerprint density at radius 3 is 1.50 bits per heavy atom. The van der Waals surface area contributed by atoms with Crippen molar-refractivity contribution in [2.45, 2.75) is 76.3 Å². The molecule has 0 aliphatic heterocycles. The van der Waals surface area contributed by atoms with Crippen molar-refractivity contribution in [2.24, 2.45) is 11.8 Å². The molecule has 4 rings (SSSR count). The summed E-state index contributed by atoms with van der Waals surface area (Å²) in [4.78, 5) is 0. The van der Waals surface area contributed by atoms with Gasteiger partial charge in [0.25, 0.3) is 0 Å². The number of benzene rings is 2. The van der Waals surface area contributed by atoms with Crippen molar-refractivity contribution in [3.63, 3.8) is 0 Å². The van der Waals surface area contributed by atoms with Gasteiger partial charge >= 0.3 is 6.18 Å². The second kappa shape index (κ2) is 9.80. The third kappa shape index (κ3) is 5.63. The van der Waals surface area contributed by atoms with Gasteiger partial charge in [-0.1, -0.05) is 68.3 Å². The molecule has 0 bridgehead atoms. The highest BCUT2D eigenvalue weighted by Crippen LogP contribution is 2.39. The summed E-state index contributed by atoms with van der Waals surface area (Å²) in [5.41, 5.74) is 5.06. The molecule has 2 fully saturated rings. The molecule has 2 aromatic carbocycles. The molecule has 32 heavy (non-hydrogen) atoms. The van der Waals surface area contributed by atoms with Crippen LogP contribution in [-0.4, -0.2) is 6.18 Å². The van der Waals surface area contributed by atoms with Gasteiger partial charge in [0.1, 0.15) is 0 Å². The van der Waals surface area contributed by atoms with Gasteiger partial charge in [-0.2, -0.15) is 13.2 Å². The van der Waals surface area contributed by atoms with Crippen LogP contribution in [0.3, 0.4) is 0 Å². The lowest BCUT2D eigenvalue weighted by Crippen LogP contribution is -2.15. The molecular formula is C28H32F4. The quantitative estimate of drug-likeness (QED) is 0.412. The zero-order valence-electron chi connectivity index (χ0n) is 18.7. The zero-order valence-corrected chi connectivity index (χ0v) is 18.7. The molecule has 2 aliphatic carbocycles. The van der Waals surface area contributed by atoms with Crippen molar-refractivity contribution in [3.8, 4) is 11.1 Å². The summed E-state index contributed by atoms with van der Waals surface area (Å²) in [5.74, 6) is -0.389. The van der Waals surface area contributed by atoms with Gasteiger partial charge in [0.2, 0.25) is 0 Å². The fourth-order valence-electron chi connectivity index (χ4n) is 5.41. The summed E-state index contributed by atoms with van der Waals surface area (Å²) >= 11 is 0. The van der Waals surface area contributed by atoms with E-state index in [0.29, 0.717) is 24.7 Å². The van der Waals surface area contributed by atoms with E-state index in [2.05, 4.69) is 55.5 Å². The summed E-state index contributed by atoms with van der Waals surface area (Å²) in [6.07, 6.45) is 3.91. The Balaban J connectivity index is 1.35. The largest absolute Gasteiger partial charge is 0.442 e. The maximum Gasteiger partial charge on any atom is 0.442 e. The van der Waals surface area contributed by atoms with Gasteiger partial charge in [0.15, 0.2) is 5.83 Å². The normalized spacial score (nSPS) is 27.3. The van der Waals surface area contributed by atoms with Gasteiger partial charge in [0.05, 0.1) is 0 Å². The van der Waals surface area contributed by atoms with Gasteiger partial charge in [0, 0.05) is 0 Å². The van der Waals surface area contributed by atoms with Crippen molar-refractivity contribution in [1.82, 2.24) is 0 Å². The second-order valence-electron chi connectivity index (χ2n) is 9.82. The molecule has 0 unspecified atom stereocenters. The molecule has 0 amide bonds. The molecule has 0 heterocycles. The van der Waals surface area contributed by atoms with E-state index in [1.807, 2.05) is 0 Å². The van der Waals surface area contributed by atoms with Crippen LogP contribution in [-0.2, 0) is 0 Å². The summed E-state index contributed by atoms with van der Waals surface area (Å²) in [6.45, 7) is 2.35. The van der Waals surface area contributed by atoms with Crippen molar-refractivity contribution in [3.05, 3.63) is 71.6 Å². The van der Waals surface area contributed by atoms with Crippen LogP contribution in [0.1, 0.15) is 81.3 Å². The number of halogens is 4. The predicted molar refractivity (Wildman–Crippen MR) is 122 cm³/mol. The predicted octanol–water partition coefficient (Wildman–Crippen LogP) is 9.34. The Morgan fingerprint density at radius 1 is 0.688 bits per heavy atom. The molecule has 0 N–H and O–H groups in total. The van der Waals surface area contributed by atoms with E-state index < -0.39 is 12.0 Å². The molecule has 2 saturated carbocycles. The minimum absolute atomic E-state index is 0.321. The number of hydrogen-bond acceptors (Lipinski definition) is 0. The molecule has 0 aromatic heterocycles. The van der Waals surface area contributed by atoms with E-state index in [4.69, 9.17) is 0 Å². The highest BCUT2D eigenvalue weighted by Gasteiger charge is 2.35. The molecule has 2 aliphatic rings. The van der Waals surface area contributed by atoms with Crippen LogP contribution in [0.4, 0.5) is 17.6 Å². The van der Waals surface area contributed by atoms with Crippen LogP contribution in [0.15, 0.2) is 60.4 Å². The summed E-state index contributed by atoms with van der Waals surface area (Å²) in [7, 11) is 0. The van der Waals surface area contributed by atoms with E-state index in [0.717, 1.165) is 24.8 Å². The summed E-state index contributed by atoms with van der Waals surface area (Å²) in [6, 6.07) is 17.6. The maximum absolute atomic E-state index is 13.2. The van der Waals surface area contributed by atoms with E-state index >= 15 is 0 Å². The Hall–Kier alpha value is -2.10. The smallest absolute Gasteiger partial charge is 0.202 e. The monoisotopic (exact) mass is 444 g/mol. The summed E-state index contributed by atoms with van der Waals surface area (Å²) in [5, 5.41) is 0. The van der Waals surface area contributed by atoms with Gasteiger partial charge in [-0.15, -0.1) is 0 Å². The molecular weight excluding hydrogens is 412 g/mol. The fraction of sp³-hybridized carbons (Fsp3) is 0.500. The van der Waals surface area contributed by atoms with Crippen molar-refractivity contribution >= 4 is 0 Å². The Bertz CT molecular complexity index is 892. The first-order chi connectivity index (χ1) is 15.3. The SMILES string of the molecule is CC1CCC(c2ccc(-c3ccc(C4CCC(C=C(F)C(F)(F)F)CC4)cc3)cc2)CC1. The molecule has 0 radical (unpaired) electrons. The molecule has 4 heteroatoms. The first-order valence-electron chi connectivity index (χ1n) is 11.9. The van der Waals surface area contributed by atoms with Gasteiger partial charge < -0.3 is 0 Å². The van der Waals surface area contributed by atoms with E-state index in [1.165, 1.54) is 47.9 Å². The first-order valence-corrected chi connectivity index (χ1v) is 11.9. The number of hydrogen-bond donors (Lipinski definition) is 0. The highest BCUT2D eigenvalue weighted by atomic mass is 19.4. The van der Waals surface area contributed by atoms with Crippen LogP contribution < -0.4 is 0 Å². The maximum atomic E-state index is 13.2. The van der Waals surface area contributed by atoms with Crippen LogP contribution in [0, 0.1) is 11.8 Å². The summed E-state index contributed by atoms with van der Waals surface area (Å²) < 4.78 is 50.4. The molecule has 172 valence electrons. The Labute approximate surface area is 188 Å². The van der Waals surface area contributed by atoms with Crippen LogP contribution >= 0.6 is 0 Å². The van der Waals surface area contributed by atoms with E-state index in [1.54, 1.807) is 0 Å². The minimum atomic E-state index is -4.86. The van der Waals surface area contributed by atoms with Gasteiger partial charge in [-0.05, 0) is 90.5 Å². The van der Waals surface area contributed by atoms with Crippen molar-refractivity contribution in [1.29, 1.82) is 0 Å². The second-order valence-corrected chi connectivity index (χ2v) is 9.82. The average molecular weight is 445 g/mol. The molecule has 2 aromatic rings. The van der Waals surface area contributed by atoms with Crippen molar-refractivity contribution < 1.29 is 17.6 Å². The van der Waals surface area contributed by atoms with Crippen molar-refractivity contribution in [2.75, 3.05) is 0 Å². The minimum Gasteiger partial charge on any atom is -0.202 e.